The molecular formula is C10H20N2O3. The second kappa shape index (κ2) is 6.40. The van der Waals surface area contributed by atoms with E-state index in [-0.39, 0.29) is 18.4 Å². The molecular weight excluding hydrogens is 196 g/mol. The van der Waals surface area contributed by atoms with E-state index < -0.39 is 12.0 Å². The molecule has 2 atom stereocenters. The second-order valence-corrected chi connectivity index (χ2v) is 3.66. The molecule has 0 saturated carbocycles. The molecule has 0 fully saturated rings. The summed E-state index contributed by atoms with van der Waals surface area (Å²) in [5.41, 5.74) is 5.74. The van der Waals surface area contributed by atoms with Gasteiger partial charge in [0.2, 0.25) is 5.91 Å². The van der Waals surface area contributed by atoms with Crippen LogP contribution in [-0.2, 0) is 9.59 Å². The molecule has 0 aliphatic heterocycles. The van der Waals surface area contributed by atoms with Crippen LogP contribution in [-0.4, -0.2) is 41.0 Å². The summed E-state index contributed by atoms with van der Waals surface area (Å²) in [4.78, 5) is 23.5. The third-order valence-corrected chi connectivity index (χ3v) is 2.56. The van der Waals surface area contributed by atoms with Crippen molar-refractivity contribution in [1.29, 1.82) is 0 Å². The van der Waals surface area contributed by atoms with Crippen molar-refractivity contribution in [1.82, 2.24) is 4.90 Å². The van der Waals surface area contributed by atoms with Crippen LogP contribution in [0.3, 0.4) is 0 Å². The zero-order valence-corrected chi connectivity index (χ0v) is 9.56. The fraction of sp³-hybridized carbons (Fsp3) is 0.800. The second-order valence-electron chi connectivity index (χ2n) is 3.66. The number of amides is 1. The molecule has 0 aromatic carbocycles. The topological polar surface area (TPSA) is 83.6 Å². The Bertz CT molecular complexity index is 231. The number of carbonyl (C=O) groups is 2. The van der Waals surface area contributed by atoms with E-state index in [1.54, 1.807) is 6.92 Å². The van der Waals surface area contributed by atoms with Crippen molar-refractivity contribution in [2.45, 2.75) is 33.2 Å². The average Bonchev–Trinajstić information content (AvgIpc) is 2.22. The third-order valence-electron chi connectivity index (χ3n) is 2.56. The summed E-state index contributed by atoms with van der Waals surface area (Å²) < 4.78 is 0. The molecule has 0 aliphatic rings. The van der Waals surface area contributed by atoms with Crippen molar-refractivity contribution in [3.05, 3.63) is 0 Å². The van der Waals surface area contributed by atoms with Crippen LogP contribution in [0, 0.1) is 5.92 Å². The molecule has 1 amide bonds. The highest BCUT2D eigenvalue weighted by Crippen LogP contribution is 2.08. The number of nitrogens with two attached hydrogens (primary N) is 1. The van der Waals surface area contributed by atoms with E-state index in [2.05, 4.69) is 0 Å². The Hall–Kier alpha value is -1.10. The number of nitrogens with zero attached hydrogens (tertiary/aromatic N) is 1. The van der Waals surface area contributed by atoms with Gasteiger partial charge in [-0.2, -0.15) is 0 Å². The maximum atomic E-state index is 11.7. The summed E-state index contributed by atoms with van der Waals surface area (Å²) in [5.74, 6) is -1.23. The van der Waals surface area contributed by atoms with Gasteiger partial charge in [-0.25, -0.2) is 0 Å². The number of hydrogen-bond acceptors (Lipinski definition) is 3. The SMILES string of the molecule is CCC(C)[C@H](N)C(=O)N(CC)CC(=O)O. The van der Waals surface area contributed by atoms with Gasteiger partial charge in [-0.1, -0.05) is 20.3 Å². The molecule has 5 nitrogen and oxygen atoms in total. The largest absolute Gasteiger partial charge is 0.480 e. The molecule has 0 radical (unpaired) electrons. The van der Waals surface area contributed by atoms with Gasteiger partial charge in [0.25, 0.3) is 0 Å². The molecule has 5 heteroatoms. The van der Waals surface area contributed by atoms with Crippen LogP contribution < -0.4 is 5.73 Å². The molecule has 1 unspecified atom stereocenters. The Labute approximate surface area is 90.2 Å². The molecule has 0 spiro atoms. The van der Waals surface area contributed by atoms with Crippen molar-refractivity contribution in [3.63, 3.8) is 0 Å². The van der Waals surface area contributed by atoms with Gasteiger partial charge in [-0.3, -0.25) is 9.59 Å². The fourth-order valence-corrected chi connectivity index (χ4v) is 1.22. The maximum Gasteiger partial charge on any atom is 0.323 e. The van der Waals surface area contributed by atoms with Crippen LogP contribution in [0.4, 0.5) is 0 Å². The third kappa shape index (κ3) is 4.29. The average molecular weight is 216 g/mol. The van der Waals surface area contributed by atoms with Crippen LogP contribution in [0.1, 0.15) is 27.2 Å². The Balaban J connectivity index is 4.43. The van der Waals surface area contributed by atoms with Crippen molar-refractivity contribution in [2.24, 2.45) is 11.7 Å². The smallest absolute Gasteiger partial charge is 0.323 e. The van der Waals surface area contributed by atoms with Crippen molar-refractivity contribution in [3.8, 4) is 0 Å². The van der Waals surface area contributed by atoms with E-state index in [1.165, 1.54) is 4.90 Å². The first-order valence-electron chi connectivity index (χ1n) is 5.20. The van der Waals surface area contributed by atoms with E-state index in [0.29, 0.717) is 6.54 Å². The molecule has 0 bridgehead atoms. The van der Waals surface area contributed by atoms with Gasteiger partial charge in [0, 0.05) is 6.54 Å². The Morgan fingerprint density at radius 3 is 2.27 bits per heavy atom. The molecule has 0 heterocycles. The summed E-state index contributed by atoms with van der Waals surface area (Å²) in [6, 6.07) is -0.603. The highest BCUT2D eigenvalue weighted by molar-refractivity contribution is 5.85. The number of carboxylic acid groups (broad SMARTS) is 1. The summed E-state index contributed by atoms with van der Waals surface area (Å²) in [5, 5.41) is 8.61. The zero-order chi connectivity index (χ0) is 12.0. The fourth-order valence-electron chi connectivity index (χ4n) is 1.22. The number of likely N-dealkylation sites (N-methyl/N-ethyl adjacent to an activating group) is 1. The summed E-state index contributed by atoms with van der Waals surface area (Å²) >= 11 is 0. The van der Waals surface area contributed by atoms with E-state index in [9.17, 15) is 9.59 Å². The van der Waals surface area contributed by atoms with Crippen LogP contribution in [0.5, 0.6) is 0 Å². The lowest BCUT2D eigenvalue weighted by Gasteiger charge is -2.25. The van der Waals surface area contributed by atoms with Gasteiger partial charge >= 0.3 is 5.97 Å². The Morgan fingerprint density at radius 1 is 1.40 bits per heavy atom. The summed E-state index contributed by atoms with van der Waals surface area (Å²) in [7, 11) is 0. The molecule has 15 heavy (non-hydrogen) atoms. The van der Waals surface area contributed by atoms with Gasteiger partial charge in [0.05, 0.1) is 6.04 Å². The number of aliphatic carboxylic acids is 1. The van der Waals surface area contributed by atoms with Crippen LogP contribution in [0.2, 0.25) is 0 Å². The highest BCUT2D eigenvalue weighted by Gasteiger charge is 2.25. The van der Waals surface area contributed by atoms with Crippen molar-refractivity contribution < 1.29 is 14.7 Å². The molecule has 0 aromatic rings. The first kappa shape index (κ1) is 13.9. The Morgan fingerprint density at radius 2 is 1.93 bits per heavy atom. The van der Waals surface area contributed by atoms with E-state index in [4.69, 9.17) is 10.8 Å². The van der Waals surface area contributed by atoms with Gasteiger partial charge in [0.15, 0.2) is 0 Å². The minimum absolute atomic E-state index is 0.0698. The molecule has 0 saturated heterocycles. The minimum Gasteiger partial charge on any atom is -0.480 e. The maximum absolute atomic E-state index is 11.7. The summed E-state index contributed by atoms with van der Waals surface area (Å²) in [6.45, 7) is 5.67. The first-order valence-corrected chi connectivity index (χ1v) is 5.20. The van der Waals surface area contributed by atoms with Gasteiger partial charge < -0.3 is 15.7 Å². The van der Waals surface area contributed by atoms with Crippen molar-refractivity contribution >= 4 is 11.9 Å². The first-order chi connectivity index (χ1) is 6.93. The van der Waals surface area contributed by atoms with E-state index >= 15 is 0 Å². The minimum atomic E-state index is -1.01. The quantitative estimate of drug-likeness (QED) is 0.668. The molecule has 0 aliphatic carbocycles. The van der Waals surface area contributed by atoms with Gasteiger partial charge in [0.1, 0.15) is 6.54 Å². The van der Waals surface area contributed by atoms with Gasteiger partial charge in [-0.15, -0.1) is 0 Å². The molecule has 0 aromatic heterocycles. The molecule has 3 N–H and O–H groups in total. The predicted molar refractivity (Wildman–Crippen MR) is 57.3 cm³/mol. The van der Waals surface area contributed by atoms with Crippen LogP contribution in [0.15, 0.2) is 0 Å². The number of carboxylic acids is 1. The normalized spacial score (nSPS) is 14.4. The molecule has 0 rings (SSSR count). The lowest BCUT2D eigenvalue weighted by atomic mass is 9.99. The highest BCUT2D eigenvalue weighted by atomic mass is 16.4. The number of rotatable bonds is 6. The molecule has 88 valence electrons. The zero-order valence-electron chi connectivity index (χ0n) is 9.56. The summed E-state index contributed by atoms with van der Waals surface area (Å²) in [6.07, 6.45) is 0.803. The van der Waals surface area contributed by atoms with E-state index in [0.717, 1.165) is 6.42 Å². The van der Waals surface area contributed by atoms with Crippen LogP contribution >= 0.6 is 0 Å². The van der Waals surface area contributed by atoms with Crippen LogP contribution in [0.25, 0.3) is 0 Å². The lowest BCUT2D eigenvalue weighted by molar-refractivity contribution is -0.145. The number of carbonyl (C=O) groups excluding carboxylic acids is 1. The van der Waals surface area contributed by atoms with Gasteiger partial charge in [-0.05, 0) is 12.8 Å². The predicted octanol–water partition coefficient (Wildman–Crippen LogP) is 0.293. The Kier molecular flexibility index (Phi) is 5.93. The monoisotopic (exact) mass is 216 g/mol. The van der Waals surface area contributed by atoms with E-state index in [1.807, 2.05) is 13.8 Å². The standard InChI is InChI=1S/C10H20N2O3/c1-4-7(3)9(11)10(15)12(5-2)6-8(13)14/h7,9H,4-6,11H2,1-3H3,(H,13,14)/t7?,9-/m0/s1. The lowest BCUT2D eigenvalue weighted by Crippen LogP contribution is -2.48. The number of hydrogen-bond donors (Lipinski definition) is 2. The van der Waals surface area contributed by atoms with Crippen molar-refractivity contribution in [2.75, 3.05) is 13.1 Å².